The molecule has 124 valence electrons. The Labute approximate surface area is 134 Å². The summed E-state index contributed by atoms with van der Waals surface area (Å²) in [7, 11) is 0. The highest BCUT2D eigenvalue weighted by molar-refractivity contribution is 8.14. The molecule has 1 saturated heterocycles. The summed E-state index contributed by atoms with van der Waals surface area (Å²) in [6.45, 7) is -0.514. The predicted octanol–water partition coefficient (Wildman–Crippen LogP) is 3.05. The van der Waals surface area contributed by atoms with Crippen molar-refractivity contribution in [2.75, 3.05) is 12.3 Å². The summed E-state index contributed by atoms with van der Waals surface area (Å²) in [5.74, 6) is -0.466. The van der Waals surface area contributed by atoms with E-state index in [1.165, 1.54) is 11.8 Å². The molecular weight excluding hydrogens is 332 g/mol. The van der Waals surface area contributed by atoms with Crippen molar-refractivity contribution in [1.82, 2.24) is 4.90 Å². The molecule has 8 heteroatoms. The fourth-order valence-electron chi connectivity index (χ4n) is 2.77. The number of halogens is 4. The molecule has 2 aliphatic heterocycles. The second kappa shape index (κ2) is 6.14. The van der Waals surface area contributed by atoms with Crippen molar-refractivity contribution in [3.63, 3.8) is 0 Å². The van der Waals surface area contributed by atoms with Gasteiger partial charge in [-0.05, 0) is 0 Å². The van der Waals surface area contributed by atoms with Crippen LogP contribution in [0.5, 0.6) is 0 Å². The van der Waals surface area contributed by atoms with Crippen LogP contribution in [0.3, 0.4) is 0 Å². The van der Waals surface area contributed by atoms with Gasteiger partial charge in [-0.25, -0.2) is 4.39 Å². The zero-order valence-electron chi connectivity index (χ0n) is 12.0. The van der Waals surface area contributed by atoms with Crippen LogP contribution in [0, 0.1) is 0 Å². The average molecular weight is 346 g/mol. The summed E-state index contributed by atoms with van der Waals surface area (Å²) in [6, 6.07) is 6.20. The van der Waals surface area contributed by atoms with E-state index in [9.17, 15) is 22.4 Å². The normalized spacial score (nSPS) is 28.1. The minimum absolute atomic E-state index is 0.279. The predicted molar refractivity (Wildman–Crippen MR) is 80.3 cm³/mol. The molecule has 3 rings (SSSR count). The SMILES string of the molecule is O=C([C@@H]1CSC(c2ccccc2)=N1)N1C[C@@H](F)C[C@H]1C(F)(F)F. The first-order chi connectivity index (χ1) is 10.9. The van der Waals surface area contributed by atoms with Crippen molar-refractivity contribution < 1.29 is 22.4 Å². The highest BCUT2D eigenvalue weighted by atomic mass is 32.2. The lowest BCUT2D eigenvalue weighted by atomic mass is 10.2. The summed E-state index contributed by atoms with van der Waals surface area (Å²) in [6.07, 6.45) is -6.95. The molecule has 0 N–H and O–H groups in total. The zero-order chi connectivity index (χ0) is 16.6. The standard InChI is InChI=1S/C15H14F4N2OS/c16-10-6-12(15(17,18)19)21(7-10)14(22)11-8-23-13(20-11)9-4-2-1-3-5-9/h1-5,10-12H,6-8H2/t10-,11-,12-/m0/s1. The molecule has 2 aliphatic rings. The van der Waals surface area contributed by atoms with Crippen LogP contribution in [0.25, 0.3) is 0 Å². The quantitative estimate of drug-likeness (QED) is 0.771. The summed E-state index contributed by atoms with van der Waals surface area (Å²) in [5, 5.41) is 0.628. The third-order valence-electron chi connectivity index (χ3n) is 3.87. The van der Waals surface area contributed by atoms with E-state index >= 15 is 0 Å². The maximum Gasteiger partial charge on any atom is 0.408 e. The lowest BCUT2D eigenvalue weighted by molar-refractivity contribution is -0.183. The van der Waals surface area contributed by atoms with Gasteiger partial charge in [-0.15, -0.1) is 11.8 Å². The van der Waals surface area contributed by atoms with E-state index in [2.05, 4.69) is 4.99 Å². The Bertz CT molecular complexity index is 620. The van der Waals surface area contributed by atoms with Crippen LogP contribution in [-0.4, -0.2) is 52.6 Å². The molecule has 0 aliphatic carbocycles. The monoisotopic (exact) mass is 346 g/mol. The number of aliphatic imine (C=N–C) groups is 1. The third kappa shape index (κ3) is 3.36. The van der Waals surface area contributed by atoms with Crippen molar-refractivity contribution in [2.45, 2.75) is 30.9 Å². The van der Waals surface area contributed by atoms with Gasteiger partial charge in [0.25, 0.3) is 0 Å². The molecule has 0 radical (unpaired) electrons. The second-order valence-corrected chi connectivity index (χ2v) is 6.52. The van der Waals surface area contributed by atoms with Crippen molar-refractivity contribution in [3.05, 3.63) is 35.9 Å². The number of benzene rings is 1. The first-order valence-electron chi connectivity index (χ1n) is 7.13. The van der Waals surface area contributed by atoms with E-state index < -0.39 is 43.3 Å². The Kier molecular flexibility index (Phi) is 4.35. The molecule has 1 fully saturated rings. The Morgan fingerprint density at radius 2 is 1.96 bits per heavy atom. The first-order valence-corrected chi connectivity index (χ1v) is 8.12. The highest BCUT2D eigenvalue weighted by Gasteiger charge is 2.52. The molecule has 0 aromatic heterocycles. The molecule has 0 saturated carbocycles. The summed E-state index contributed by atoms with van der Waals surface area (Å²) < 4.78 is 52.3. The first kappa shape index (κ1) is 16.3. The Morgan fingerprint density at radius 1 is 1.26 bits per heavy atom. The van der Waals surface area contributed by atoms with E-state index in [-0.39, 0.29) is 5.75 Å². The molecule has 0 unspecified atom stereocenters. The molecule has 0 spiro atoms. The lowest BCUT2D eigenvalue weighted by Gasteiger charge is -2.27. The van der Waals surface area contributed by atoms with Gasteiger partial charge in [-0.2, -0.15) is 13.2 Å². The van der Waals surface area contributed by atoms with Gasteiger partial charge in [-0.3, -0.25) is 9.79 Å². The van der Waals surface area contributed by atoms with Crippen molar-refractivity contribution in [2.24, 2.45) is 4.99 Å². The number of likely N-dealkylation sites (tertiary alicyclic amines) is 1. The molecule has 3 nitrogen and oxygen atoms in total. The van der Waals surface area contributed by atoms with Crippen LogP contribution in [-0.2, 0) is 4.79 Å². The van der Waals surface area contributed by atoms with E-state index in [1.807, 2.05) is 30.3 Å². The Hall–Kier alpha value is -1.57. The molecule has 1 aromatic rings. The van der Waals surface area contributed by atoms with Gasteiger partial charge in [0.2, 0.25) is 5.91 Å². The highest BCUT2D eigenvalue weighted by Crippen LogP contribution is 2.35. The fourth-order valence-corrected chi connectivity index (χ4v) is 3.81. The molecule has 23 heavy (non-hydrogen) atoms. The molecule has 3 atom stereocenters. The third-order valence-corrected chi connectivity index (χ3v) is 4.96. The van der Waals surface area contributed by atoms with Crippen molar-refractivity contribution in [3.8, 4) is 0 Å². The summed E-state index contributed by atoms with van der Waals surface area (Å²) >= 11 is 1.33. The number of alkyl halides is 4. The van der Waals surface area contributed by atoms with Crippen LogP contribution < -0.4 is 0 Å². The molecular formula is C15H14F4N2OS. The number of carbonyl (C=O) groups excluding carboxylic acids is 1. The largest absolute Gasteiger partial charge is 0.408 e. The minimum Gasteiger partial charge on any atom is -0.326 e. The van der Waals surface area contributed by atoms with Gasteiger partial charge in [-0.1, -0.05) is 30.3 Å². The number of carbonyl (C=O) groups is 1. The number of rotatable bonds is 2. The van der Waals surface area contributed by atoms with Crippen LogP contribution in [0.4, 0.5) is 17.6 Å². The average Bonchev–Trinajstić information content (AvgIpc) is 3.13. The van der Waals surface area contributed by atoms with Gasteiger partial charge in [0.1, 0.15) is 18.3 Å². The lowest BCUT2D eigenvalue weighted by Crippen LogP contribution is -2.48. The number of thioether (sulfide) groups is 1. The maximum absolute atomic E-state index is 13.4. The van der Waals surface area contributed by atoms with Crippen molar-refractivity contribution in [1.29, 1.82) is 0 Å². The van der Waals surface area contributed by atoms with Crippen LogP contribution in [0.2, 0.25) is 0 Å². The van der Waals surface area contributed by atoms with Gasteiger partial charge in [0, 0.05) is 17.7 Å². The Balaban J connectivity index is 1.77. The fraction of sp³-hybridized carbons (Fsp3) is 0.467. The van der Waals surface area contributed by atoms with Crippen molar-refractivity contribution >= 4 is 22.7 Å². The number of amides is 1. The molecule has 1 aromatic carbocycles. The molecule has 0 bridgehead atoms. The Morgan fingerprint density at radius 3 is 2.61 bits per heavy atom. The molecule has 2 heterocycles. The van der Waals surface area contributed by atoms with E-state index in [0.29, 0.717) is 9.94 Å². The second-order valence-electron chi connectivity index (χ2n) is 5.51. The zero-order valence-corrected chi connectivity index (χ0v) is 12.8. The van der Waals surface area contributed by atoms with Gasteiger partial charge in [0.05, 0.1) is 11.6 Å². The molecule has 1 amide bonds. The van der Waals surface area contributed by atoms with E-state index in [4.69, 9.17) is 0 Å². The minimum atomic E-state index is -4.62. The van der Waals surface area contributed by atoms with Gasteiger partial charge in [0.15, 0.2) is 0 Å². The summed E-state index contributed by atoms with van der Waals surface area (Å²) in [5.41, 5.74) is 0.824. The summed E-state index contributed by atoms with van der Waals surface area (Å²) in [4.78, 5) is 17.2. The smallest absolute Gasteiger partial charge is 0.326 e. The van der Waals surface area contributed by atoms with Gasteiger partial charge >= 0.3 is 6.18 Å². The van der Waals surface area contributed by atoms with Crippen LogP contribution >= 0.6 is 11.8 Å². The topological polar surface area (TPSA) is 32.7 Å². The number of hydrogen-bond acceptors (Lipinski definition) is 3. The van der Waals surface area contributed by atoms with Gasteiger partial charge < -0.3 is 4.90 Å². The maximum atomic E-state index is 13.4. The van der Waals surface area contributed by atoms with Crippen LogP contribution in [0.15, 0.2) is 35.3 Å². The number of nitrogens with zero attached hydrogens (tertiary/aromatic N) is 2. The van der Waals surface area contributed by atoms with Crippen LogP contribution in [0.1, 0.15) is 12.0 Å². The number of hydrogen-bond donors (Lipinski definition) is 0. The van der Waals surface area contributed by atoms with E-state index in [0.717, 1.165) is 5.56 Å². The van der Waals surface area contributed by atoms with E-state index in [1.54, 1.807) is 0 Å².